The van der Waals surface area contributed by atoms with Crippen molar-refractivity contribution in [2.75, 3.05) is 32.6 Å². The molecule has 0 aromatic heterocycles. The topological polar surface area (TPSA) is 69.1 Å². The molecule has 0 saturated heterocycles. The van der Waals surface area contributed by atoms with Gasteiger partial charge in [-0.25, -0.2) is 4.79 Å². The highest BCUT2D eigenvalue weighted by molar-refractivity contribution is 5.93. The zero-order chi connectivity index (χ0) is 18.9. The molecule has 1 amide bonds. The van der Waals surface area contributed by atoms with Crippen LogP contribution in [0.15, 0.2) is 48.5 Å². The molecule has 2 aromatic rings. The highest BCUT2D eigenvalue weighted by Gasteiger charge is 2.12. The molecular weight excluding hydrogens is 332 g/mol. The highest BCUT2D eigenvalue weighted by atomic mass is 16.5. The maximum absolute atomic E-state index is 12.2. The van der Waals surface area contributed by atoms with Gasteiger partial charge in [-0.2, -0.15) is 0 Å². The normalized spacial score (nSPS) is 11.5. The van der Waals surface area contributed by atoms with E-state index in [2.05, 4.69) is 5.32 Å². The van der Waals surface area contributed by atoms with E-state index in [1.165, 1.54) is 0 Å². The van der Waals surface area contributed by atoms with Gasteiger partial charge in [-0.05, 0) is 55.5 Å². The van der Waals surface area contributed by atoms with Gasteiger partial charge in [-0.1, -0.05) is 0 Å². The van der Waals surface area contributed by atoms with Crippen LogP contribution < -0.4 is 15.0 Å². The summed E-state index contributed by atoms with van der Waals surface area (Å²) in [4.78, 5) is 24.9. The van der Waals surface area contributed by atoms with Crippen LogP contribution in [-0.2, 0) is 16.1 Å². The summed E-state index contributed by atoms with van der Waals surface area (Å²) in [5.41, 5.74) is 2.25. The van der Waals surface area contributed by atoms with Gasteiger partial charge in [-0.3, -0.25) is 4.79 Å². The van der Waals surface area contributed by atoms with E-state index in [0.717, 1.165) is 22.8 Å². The van der Waals surface area contributed by atoms with Crippen LogP contribution in [-0.4, -0.2) is 39.2 Å². The van der Waals surface area contributed by atoms with Crippen LogP contribution >= 0.6 is 0 Å². The van der Waals surface area contributed by atoms with Gasteiger partial charge >= 0.3 is 5.97 Å². The number of ether oxygens (including phenoxy) is 2. The number of nitrogens with one attached hydrogen (secondary N) is 2. The third-order valence-electron chi connectivity index (χ3n) is 3.81. The molecule has 0 saturated carbocycles. The van der Waals surface area contributed by atoms with Crippen molar-refractivity contribution in [1.29, 1.82) is 0 Å². The fourth-order valence-corrected chi connectivity index (χ4v) is 2.54. The molecule has 0 aliphatic carbocycles. The van der Waals surface area contributed by atoms with E-state index in [9.17, 15) is 9.59 Å². The van der Waals surface area contributed by atoms with Crippen LogP contribution in [0.2, 0.25) is 0 Å². The number of carbonyl (C=O) groups is 2. The first-order valence-corrected chi connectivity index (χ1v) is 8.53. The molecule has 2 aromatic carbocycles. The van der Waals surface area contributed by atoms with Gasteiger partial charge in [0.25, 0.3) is 5.91 Å². The first-order chi connectivity index (χ1) is 12.5. The maximum Gasteiger partial charge on any atom is 0.338 e. The monoisotopic (exact) mass is 357 g/mol. The van der Waals surface area contributed by atoms with Gasteiger partial charge < -0.3 is 19.7 Å². The molecule has 0 spiro atoms. The Morgan fingerprint density at radius 1 is 1.04 bits per heavy atom. The minimum absolute atomic E-state index is 0.0834. The summed E-state index contributed by atoms with van der Waals surface area (Å²) in [6.07, 6.45) is 0. The van der Waals surface area contributed by atoms with Crippen LogP contribution in [0, 0.1) is 0 Å². The zero-order valence-corrected chi connectivity index (χ0v) is 15.4. The summed E-state index contributed by atoms with van der Waals surface area (Å²) in [5, 5.41) is 2.84. The second-order valence-corrected chi connectivity index (χ2v) is 6.00. The van der Waals surface area contributed by atoms with Crippen LogP contribution in [0.4, 0.5) is 5.69 Å². The molecule has 2 rings (SSSR count). The molecule has 1 unspecified atom stereocenters. The lowest BCUT2D eigenvalue weighted by Crippen LogP contribution is -3.08. The number of likely N-dealkylation sites (N-methyl/N-ethyl adjacent to an activating group) is 1. The smallest absolute Gasteiger partial charge is 0.338 e. The van der Waals surface area contributed by atoms with Crippen molar-refractivity contribution >= 4 is 17.6 Å². The Kier molecular flexibility index (Phi) is 7.17. The average molecular weight is 357 g/mol. The van der Waals surface area contributed by atoms with Crippen LogP contribution in [0.1, 0.15) is 22.8 Å². The van der Waals surface area contributed by atoms with Gasteiger partial charge in [0.2, 0.25) is 0 Å². The first-order valence-electron chi connectivity index (χ1n) is 8.53. The standard InChI is InChI=1S/C20H24N2O4/c1-4-26-20(24)16-7-9-17(10-8-16)21-19(23)14-22(2)13-15-5-11-18(25-3)12-6-15/h5-12H,4,13-14H2,1-3H3,(H,21,23)/p+1. The van der Waals surface area contributed by atoms with Gasteiger partial charge in [0.1, 0.15) is 12.3 Å². The molecule has 2 N–H and O–H groups in total. The summed E-state index contributed by atoms with van der Waals surface area (Å²) in [5.74, 6) is 0.365. The van der Waals surface area contributed by atoms with Gasteiger partial charge in [0.15, 0.2) is 6.54 Å². The average Bonchev–Trinajstić information content (AvgIpc) is 2.63. The van der Waals surface area contributed by atoms with Crippen molar-refractivity contribution in [1.82, 2.24) is 0 Å². The van der Waals surface area contributed by atoms with Crippen molar-refractivity contribution in [2.45, 2.75) is 13.5 Å². The van der Waals surface area contributed by atoms with Gasteiger partial charge in [-0.15, -0.1) is 0 Å². The molecule has 26 heavy (non-hydrogen) atoms. The summed E-state index contributed by atoms with van der Waals surface area (Å²) in [6, 6.07) is 14.5. The lowest BCUT2D eigenvalue weighted by atomic mass is 10.2. The Labute approximate surface area is 153 Å². The SMILES string of the molecule is CCOC(=O)c1ccc(NC(=O)C[NH+](C)Cc2ccc(OC)cc2)cc1. The van der Waals surface area contributed by atoms with Crippen LogP contribution in [0.5, 0.6) is 5.75 Å². The van der Waals surface area contributed by atoms with Crippen molar-refractivity contribution in [3.63, 3.8) is 0 Å². The Bertz CT molecular complexity index is 726. The van der Waals surface area contributed by atoms with Gasteiger partial charge in [0, 0.05) is 11.3 Å². The number of carbonyl (C=O) groups excluding carboxylic acids is 2. The second kappa shape index (κ2) is 9.58. The maximum atomic E-state index is 12.2. The van der Waals surface area contributed by atoms with Crippen molar-refractivity contribution in [3.05, 3.63) is 59.7 Å². The Morgan fingerprint density at radius 2 is 1.69 bits per heavy atom. The van der Waals surface area contributed by atoms with Crippen molar-refractivity contribution in [2.24, 2.45) is 0 Å². The molecule has 1 atom stereocenters. The quantitative estimate of drug-likeness (QED) is 0.703. The lowest BCUT2D eigenvalue weighted by molar-refractivity contribution is -0.885. The molecule has 0 fully saturated rings. The predicted octanol–water partition coefficient (Wildman–Crippen LogP) is 1.53. The fourth-order valence-electron chi connectivity index (χ4n) is 2.54. The fraction of sp³-hybridized carbons (Fsp3) is 0.300. The number of esters is 1. The number of hydrogen-bond acceptors (Lipinski definition) is 4. The molecule has 0 radical (unpaired) electrons. The molecule has 0 heterocycles. The molecule has 0 bridgehead atoms. The largest absolute Gasteiger partial charge is 0.497 e. The summed E-state index contributed by atoms with van der Waals surface area (Å²) in [6.45, 7) is 3.17. The molecule has 0 aliphatic rings. The van der Waals surface area contributed by atoms with E-state index in [1.807, 2.05) is 31.3 Å². The number of rotatable bonds is 8. The van der Waals surface area contributed by atoms with Crippen LogP contribution in [0.25, 0.3) is 0 Å². The van der Waals surface area contributed by atoms with Gasteiger partial charge in [0.05, 0.1) is 26.3 Å². The number of benzene rings is 2. The van der Waals surface area contributed by atoms with E-state index < -0.39 is 0 Å². The molecule has 6 heteroatoms. The summed E-state index contributed by atoms with van der Waals surface area (Å²) < 4.78 is 10.1. The first kappa shape index (κ1) is 19.5. The van der Waals surface area contributed by atoms with E-state index in [0.29, 0.717) is 24.4 Å². The second-order valence-electron chi connectivity index (χ2n) is 6.00. The summed E-state index contributed by atoms with van der Waals surface area (Å²) >= 11 is 0. The minimum Gasteiger partial charge on any atom is -0.497 e. The lowest BCUT2D eigenvalue weighted by Gasteiger charge is -2.14. The van der Waals surface area contributed by atoms with Crippen molar-refractivity contribution in [3.8, 4) is 5.75 Å². The Morgan fingerprint density at radius 3 is 2.27 bits per heavy atom. The molecule has 6 nitrogen and oxygen atoms in total. The van der Waals surface area contributed by atoms with Crippen molar-refractivity contribution < 1.29 is 24.0 Å². The van der Waals surface area contributed by atoms with E-state index in [-0.39, 0.29) is 11.9 Å². The summed E-state index contributed by atoms with van der Waals surface area (Å²) in [7, 11) is 3.60. The number of quaternary nitrogens is 1. The van der Waals surface area contributed by atoms with Crippen LogP contribution in [0.3, 0.4) is 0 Å². The number of hydrogen-bond donors (Lipinski definition) is 2. The number of amides is 1. The Hall–Kier alpha value is -2.86. The van der Waals surface area contributed by atoms with E-state index in [4.69, 9.17) is 9.47 Å². The molecule has 138 valence electrons. The Balaban J connectivity index is 1.84. The molecule has 0 aliphatic heterocycles. The molecular formula is C20H25N2O4+. The van der Waals surface area contributed by atoms with E-state index in [1.54, 1.807) is 38.3 Å². The number of anilines is 1. The third kappa shape index (κ3) is 5.89. The predicted molar refractivity (Wildman–Crippen MR) is 99.5 cm³/mol. The highest BCUT2D eigenvalue weighted by Crippen LogP contribution is 2.11. The minimum atomic E-state index is -0.367. The van der Waals surface area contributed by atoms with E-state index >= 15 is 0 Å². The zero-order valence-electron chi connectivity index (χ0n) is 15.4. The third-order valence-corrected chi connectivity index (χ3v) is 3.81. The number of methoxy groups -OCH3 is 1.